The van der Waals surface area contributed by atoms with Gasteiger partial charge in [-0.05, 0) is 37.3 Å². The van der Waals surface area contributed by atoms with Gasteiger partial charge in [0.1, 0.15) is 23.2 Å². The van der Waals surface area contributed by atoms with Gasteiger partial charge in [0.25, 0.3) is 0 Å². The minimum atomic E-state index is -1.18. The molecule has 3 aromatic rings. The van der Waals surface area contributed by atoms with Crippen molar-refractivity contribution in [3.05, 3.63) is 48.1 Å². The molecule has 1 fully saturated rings. The fourth-order valence-electron chi connectivity index (χ4n) is 4.05. The van der Waals surface area contributed by atoms with Gasteiger partial charge in [-0.1, -0.05) is 38.1 Å². The van der Waals surface area contributed by atoms with E-state index in [2.05, 4.69) is 54.7 Å². The number of nitrogens with two attached hydrogens (primary N) is 1. The van der Waals surface area contributed by atoms with Crippen molar-refractivity contribution in [3.63, 3.8) is 0 Å². The number of rotatable bonds is 6. The molecule has 0 radical (unpaired) electrons. The summed E-state index contributed by atoms with van der Waals surface area (Å²) in [6.07, 6.45) is 4.46. The van der Waals surface area contributed by atoms with Crippen molar-refractivity contribution < 1.29 is 4.55 Å². The molecule has 158 valence electrons. The SMILES string of the molecule is C=C[S+]([O-])N1CCCC(n2nc(-c3ccc(C(C)CC)cc3)c3c(N)ncnc32)C1. The van der Waals surface area contributed by atoms with Crippen LogP contribution in [0.4, 0.5) is 5.82 Å². The van der Waals surface area contributed by atoms with Crippen LogP contribution in [-0.4, -0.2) is 41.7 Å². The number of anilines is 1. The molecule has 2 N–H and O–H groups in total. The van der Waals surface area contributed by atoms with E-state index in [-0.39, 0.29) is 6.04 Å². The van der Waals surface area contributed by atoms with E-state index < -0.39 is 11.4 Å². The zero-order valence-electron chi connectivity index (χ0n) is 17.5. The second-order valence-corrected chi connectivity index (χ2v) is 9.21. The summed E-state index contributed by atoms with van der Waals surface area (Å²) >= 11 is -1.18. The first-order valence-corrected chi connectivity index (χ1v) is 11.6. The summed E-state index contributed by atoms with van der Waals surface area (Å²) in [5.41, 5.74) is 10.1. The van der Waals surface area contributed by atoms with Gasteiger partial charge in [0.2, 0.25) is 0 Å². The normalized spacial score (nSPS) is 19.6. The molecule has 4 rings (SSSR count). The Morgan fingerprint density at radius 2 is 2.10 bits per heavy atom. The molecule has 3 unspecified atom stereocenters. The van der Waals surface area contributed by atoms with Gasteiger partial charge in [0.05, 0.1) is 29.3 Å². The lowest BCUT2D eigenvalue weighted by Crippen LogP contribution is -2.40. The maximum Gasteiger partial charge on any atom is 0.164 e. The quantitative estimate of drug-likeness (QED) is 0.600. The molecule has 3 atom stereocenters. The molecular weight excluding hydrogens is 396 g/mol. The van der Waals surface area contributed by atoms with E-state index in [1.807, 2.05) is 8.99 Å². The van der Waals surface area contributed by atoms with Gasteiger partial charge in [-0.3, -0.25) is 0 Å². The van der Waals surface area contributed by atoms with Crippen LogP contribution in [0.25, 0.3) is 22.3 Å². The van der Waals surface area contributed by atoms with Crippen LogP contribution in [0.2, 0.25) is 0 Å². The highest BCUT2D eigenvalue weighted by atomic mass is 32.2. The summed E-state index contributed by atoms with van der Waals surface area (Å²) in [6.45, 7) is 9.50. The van der Waals surface area contributed by atoms with Gasteiger partial charge in [-0.2, -0.15) is 5.10 Å². The van der Waals surface area contributed by atoms with E-state index in [9.17, 15) is 4.55 Å². The monoisotopic (exact) mass is 424 g/mol. The first kappa shape index (κ1) is 20.8. The molecule has 30 heavy (non-hydrogen) atoms. The van der Waals surface area contributed by atoms with Gasteiger partial charge < -0.3 is 10.3 Å². The van der Waals surface area contributed by atoms with Crippen molar-refractivity contribution in [2.24, 2.45) is 0 Å². The Bertz CT molecular complexity index is 1030. The molecule has 1 aliphatic heterocycles. The molecule has 0 saturated carbocycles. The summed E-state index contributed by atoms with van der Waals surface area (Å²) in [4.78, 5) is 8.72. The van der Waals surface area contributed by atoms with Crippen LogP contribution in [0, 0.1) is 0 Å². The first-order valence-electron chi connectivity index (χ1n) is 10.4. The molecule has 0 spiro atoms. The molecule has 1 aromatic carbocycles. The van der Waals surface area contributed by atoms with E-state index in [1.54, 1.807) is 0 Å². The van der Waals surface area contributed by atoms with E-state index in [0.717, 1.165) is 48.1 Å². The first-order chi connectivity index (χ1) is 14.5. The topological polar surface area (TPSA) is 95.9 Å². The molecule has 1 aliphatic rings. The number of fused-ring (bicyclic) bond motifs is 1. The zero-order valence-corrected chi connectivity index (χ0v) is 18.3. The minimum absolute atomic E-state index is 0.0626. The predicted molar refractivity (Wildman–Crippen MR) is 122 cm³/mol. The van der Waals surface area contributed by atoms with Gasteiger partial charge in [0, 0.05) is 12.1 Å². The summed E-state index contributed by atoms with van der Waals surface area (Å²) in [6, 6.07) is 8.57. The lowest BCUT2D eigenvalue weighted by Gasteiger charge is -2.31. The Hall–Kier alpha value is -2.42. The summed E-state index contributed by atoms with van der Waals surface area (Å²) in [7, 11) is 0. The van der Waals surface area contributed by atoms with Gasteiger partial charge in [-0.15, -0.1) is 4.31 Å². The van der Waals surface area contributed by atoms with E-state index in [1.165, 1.54) is 17.3 Å². The number of benzene rings is 1. The Labute approximate surface area is 180 Å². The van der Waals surface area contributed by atoms with Gasteiger partial charge in [-0.25, -0.2) is 14.6 Å². The third kappa shape index (κ3) is 3.82. The Morgan fingerprint density at radius 3 is 2.80 bits per heavy atom. The molecule has 7 nitrogen and oxygen atoms in total. The van der Waals surface area contributed by atoms with Crippen LogP contribution >= 0.6 is 0 Å². The van der Waals surface area contributed by atoms with Crippen molar-refractivity contribution >= 4 is 28.2 Å². The molecule has 0 aliphatic carbocycles. The standard InChI is InChI=1S/C22H28N6OS/c1-4-15(3)16-8-10-17(11-9-16)20-19-21(23)24-14-25-22(19)28(26-20)18-7-6-12-27(13-18)30(29)5-2/h5,8-11,14-15,18H,2,4,6-7,12-13H2,1,3H3,(H2,23,24,25). The Kier molecular flexibility index (Phi) is 6.08. The summed E-state index contributed by atoms with van der Waals surface area (Å²) in [5, 5.41) is 7.20. The fraction of sp³-hybridized carbons (Fsp3) is 0.409. The van der Waals surface area contributed by atoms with E-state index in [0.29, 0.717) is 18.3 Å². The Balaban J connectivity index is 1.76. The molecule has 0 amide bonds. The molecule has 8 heteroatoms. The van der Waals surface area contributed by atoms with Crippen LogP contribution in [0.1, 0.15) is 50.6 Å². The van der Waals surface area contributed by atoms with Crippen molar-refractivity contribution in [1.82, 2.24) is 24.1 Å². The second-order valence-electron chi connectivity index (χ2n) is 7.81. The number of aromatic nitrogens is 4. The van der Waals surface area contributed by atoms with Gasteiger partial charge in [0.15, 0.2) is 5.65 Å². The van der Waals surface area contributed by atoms with E-state index >= 15 is 0 Å². The molecule has 1 saturated heterocycles. The smallest absolute Gasteiger partial charge is 0.164 e. The third-order valence-corrected chi connectivity index (χ3v) is 7.11. The van der Waals surface area contributed by atoms with Crippen LogP contribution < -0.4 is 5.73 Å². The predicted octanol–water partition coefficient (Wildman–Crippen LogP) is 4.03. The highest BCUT2D eigenvalue weighted by Gasteiger charge is 2.30. The maximum atomic E-state index is 12.2. The lowest BCUT2D eigenvalue weighted by molar-refractivity contribution is 0.260. The number of hydrogen-bond donors (Lipinski definition) is 1. The van der Waals surface area contributed by atoms with Crippen molar-refractivity contribution in [2.45, 2.75) is 45.1 Å². The molecule has 2 aromatic heterocycles. The van der Waals surface area contributed by atoms with Crippen molar-refractivity contribution in [1.29, 1.82) is 0 Å². The highest BCUT2D eigenvalue weighted by Crippen LogP contribution is 2.34. The number of nitrogens with zero attached hydrogens (tertiary/aromatic N) is 5. The zero-order chi connectivity index (χ0) is 21.3. The van der Waals surface area contributed by atoms with E-state index in [4.69, 9.17) is 10.8 Å². The van der Waals surface area contributed by atoms with Crippen LogP contribution in [-0.2, 0) is 11.4 Å². The third-order valence-electron chi connectivity index (χ3n) is 5.99. The minimum Gasteiger partial charge on any atom is -0.593 e. The van der Waals surface area contributed by atoms with Crippen LogP contribution in [0.5, 0.6) is 0 Å². The molecular formula is C22H28N6OS. The molecule has 3 heterocycles. The van der Waals surface area contributed by atoms with Crippen LogP contribution in [0.15, 0.2) is 42.6 Å². The maximum absolute atomic E-state index is 12.2. The highest BCUT2D eigenvalue weighted by molar-refractivity contribution is 7.92. The van der Waals surface area contributed by atoms with Gasteiger partial charge >= 0.3 is 0 Å². The van der Waals surface area contributed by atoms with Crippen molar-refractivity contribution in [3.8, 4) is 11.3 Å². The number of piperidine rings is 1. The Morgan fingerprint density at radius 1 is 1.33 bits per heavy atom. The fourth-order valence-corrected chi connectivity index (χ4v) is 4.89. The number of hydrogen-bond acceptors (Lipinski definition) is 6. The summed E-state index contributed by atoms with van der Waals surface area (Å²) in [5.74, 6) is 0.940. The second kappa shape index (κ2) is 8.75. The largest absolute Gasteiger partial charge is 0.593 e. The summed E-state index contributed by atoms with van der Waals surface area (Å²) < 4.78 is 16.1. The average Bonchev–Trinajstić information content (AvgIpc) is 3.19. The molecule has 0 bridgehead atoms. The van der Waals surface area contributed by atoms with Crippen LogP contribution in [0.3, 0.4) is 0 Å². The number of nitrogen functional groups attached to an aromatic ring is 1. The average molecular weight is 425 g/mol. The van der Waals surface area contributed by atoms with Crippen molar-refractivity contribution in [2.75, 3.05) is 18.8 Å². The lowest BCUT2D eigenvalue weighted by atomic mass is 9.97.